The molecule has 0 saturated carbocycles. The summed E-state index contributed by atoms with van der Waals surface area (Å²) in [5, 5.41) is 7.10. The van der Waals surface area contributed by atoms with Gasteiger partial charge in [-0.25, -0.2) is 0 Å². The van der Waals surface area contributed by atoms with Crippen LogP contribution in [-0.4, -0.2) is 41.2 Å². The van der Waals surface area contributed by atoms with Gasteiger partial charge in [-0.2, -0.15) is 4.98 Å². The number of hydrogen-bond acceptors (Lipinski definition) is 5. The Morgan fingerprint density at radius 3 is 2.60 bits per heavy atom. The third-order valence-corrected chi connectivity index (χ3v) is 2.35. The molecule has 15 heavy (non-hydrogen) atoms. The van der Waals surface area contributed by atoms with Gasteiger partial charge in [-0.15, -0.1) is 0 Å². The quantitative estimate of drug-likeness (QED) is 0.678. The number of nitrogens with zero attached hydrogens (tertiary/aromatic N) is 3. The van der Waals surface area contributed by atoms with Crippen molar-refractivity contribution in [2.75, 3.05) is 26.2 Å². The lowest BCUT2D eigenvalue weighted by Gasteiger charge is -2.17. The molecule has 0 spiro atoms. The van der Waals surface area contributed by atoms with Gasteiger partial charge in [0.05, 0.1) is 6.54 Å². The van der Waals surface area contributed by atoms with E-state index in [1.54, 1.807) is 6.92 Å². The molecule has 1 N–H and O–H groups in total. The van der Waals surface area contributed by atoms with E-state index in [2.05, 4.69) is 34.2 Å². The van der Waals surface area contributed by atoms with Crippen LogP contribution < -0.4 is 5.32 Å². The van der Waals surface area contributed by atoms with E-state index in [1.165, 1.54) is 0 Å². The second-order valence-electron chi connectivity index (χ2n) is 3.43. The van der Waals surface area contributed by atoms with Gasteiger partial charge < -0.3 is 14.7 Å². The second-order valence-corrected chi connectivity index (χ2v) is 3.43. The zero-order valence-electron chi connectivity index (χ0n) is 9.79. The molecule has 1 heterocycles. The number of nitrogens with one attached hydrogen (secondary N) is 1. The molecule has 0 unspecified atom stereocenters. The van der Waals surface area contributed by atoms with E-state index in [0.717, 1.165) is 32.0 Å². The summed E-state index contributed by atoms with van der Waals surface area (Å²) < 4.78 is 4.87. The number of aryl methyl sites for hydroxylation is 1. The Balaban J connectivity index is 2.11. The average molecular weight is 212 g/mol. The van der Waals surface area contributed by atoms with E-state index in [4.69, 9.17) is 4.52 Å². The van der Waals surface area contributed by atoms with Crippen molar-refractivity contribution in [1.29, 1.82) is 0 Å². The molecule has 5 heteroatoms. The molecule has 0 amide bonds. The number of rotatable bonds is 7. The summed E-state index contributed by atoms with van der Waals surface area (Å²) in [6.45, 7) is 11.0. The summed E-state index contributed by atoms with van der Waals surface area (Å²) in [6.07, 6.45) is 0. The van der Waals surface area contributed by atoms with Gasteiger partial charge in [0.15, 0.2) is 5.82 Å². The predicted molar refractivity (Wildman–Crippen MR) is 58.5 cm³/mol. The van der Waals surface area contributed by atoms with Crippen LogP contribution in [0.15, 0.2) is 4.52 Å². The minimum absolute atomic E-state index is 0.621. The smallest absolute Gasteiger partial charge is 0.223 e. The summed E-state index contributed by atoms with van der Waals surface area (Å²) in [7, 11) is 0. The van der Waals surface area contributed by atoms with Crippen LogP contribution in [0.4, 0.5) is 0 Å². The van der Waals surface area contributed by atoms with Crippen LogP contribution in [0.2, 0.25) is 0 Å². The molecule has 0 aliphatic carbocycles. The van der Waals surface area contributed by atoms with Crippen LogP contribution in [0, 0.1) is 6.92 Å². The molecule has 1 aromatic heterocycles. The molecule has 0 bridgehead atoms. The Bertz CT molecular complexity index is 270. The number of hydrogen-bond donors (Lipinski definition) is 1. The van der Waals surface area contributed by atoms with E-state index in [1.807, 2.05) is 0 Å². The first kappa shape index (κ1) is 12.1. The van der Waals surface area contributed by atoms with Gasteiger partial charge in [0.1, 0.15) is 0 Å². The topological polar surface area (TPSA) is 54.2 Å². The van der Waals surface area contributed by atoms with Gasteiger partial charge >= 0.3 is 0 Å². The van der Waals surface area contributed by atoms with Crippen molar-refractivity contribution in [3.05, 3.63) is 11.7 Å². The van der Waals surface area contributed by atoms with Gasteiger partial charge in [-0.3, -0.25) is 0 Å². The van der Waals surface area contributed by atoms with E-state index >= 15 is 0 Å². The third kappa shape index (κ3) is 4.40. The highest BCUT2D eigenvalue weighted by molar-refractivity contribution is 4.82. The number of likely N-dealkylation sites (N-methyl/N-ethyl adjacent to an activating group) is 1. The highest BCUT2D eigenvalue weighted by Crippen LogP contribution is 1.93. The first-order valence-corrected chi connectivity index (χ1v) is 5.48. The molecule has 0 atom stereocenters. The zero-order valence-corrected chi connectivity index (χ0v) is 9.79. The maximum Gasteiger partial charge on any atom is 0.223 e. The maximum atomic E-state index is 4.87. The molecule has 0 aromatic carbocycles. The third-order valence-electron chi connectivity index (χ3n) is 2.35. The Labute approximate surface area is 90.8 Å². The fraction of sp³-hybridized carbons (Fsp3) is 0.800. The minimum atomic E-state index is 0.621. The lowest BCUT2D eigenvalue weighted by Crippen LogP contribution is -2.31. The van der Waals surface area contributed by atoms with E-state index in [-0.39, 0.29) is 0 Å². The van der Waals surface area contributed by atoms with Crippen LogP contribution in [-0.2, 0) is 6.54 Å². The lowest BCUT2D eigenvalue weighted by atomic mass is 10.4. The average Bonchev–Trinajstić information content (AvgIpc) is 2.65. The molecule has 5 nitrogen and oxygen atoms in total. The largest absolute Gasteiger partial charge is 0.340 e. The Kier molecular flexibility index (Phi) is 5.28. The fourth-order valence-corrected chi connectivity index (χ4v) is 1.39. The molecular weight excluding hydrogens is 192 g/mol. The zero-order chi connectivity index (χ0) is 11.1. The Morgan fingerprint density at radius 2 is 2.07 bits per heavy atom. The molecule has 86 valence electrons. The van der Waals surface area contributed by atoms with Crippen molar-refractivity contribution in [3.63, 3.8) is 0 Å². The van der Waals surface area contributed by atoms with Crippen LogP contribution in [0.1, 0.15) is 25.6 Å². The monoisotopic (exact) mass is 212 g/mol. The van der Waals surface area contributed by atoms with Crippen LogP contribution in [0.3, 0.4) is 0 Å². The van der Waals surface area contributed by atoms with Crippen molar-refractivity contribution in [2.24, 2.45) is 0 Å². The highest BCUT2D eigenvalue weighted by atomic mass is 16.5. The van der Waals surface area contributed by atoms with Crippen LogP contribution in [0.5, 0.6) is 0 Å². The van der Waals surface area contributed by atoms with Crippen molar-refractivity contribution in [1.82, 2.24) is 20.4 Å². The maximum absolute atomic E-state index is 4.87. The molecular formula is C10H20N4O. The highest BCUT2D eigenvalue weighted by Gasteiger charge is 2.01. The molecule has 0 aliphatic rings. The second kappa shape index (κ2) is 6.53. The number of aromatic nitrogens is 2. The van der Waals surface area contributed by atoms with Gasteiger partial charge in [-0.1, -0.05) is 19.0 Å². The van der Waals surface area contributed by atoms with Crippen molar-refractivity contribution in [2.45, 2.75) is 27.3 Å². The van der Waals surface area contributed by atoms with Crippen molar-refractivity contribution >= 4 is 0 Å². The van der Waals surface area contributed by atoms with Crippen molar-refractivity contribution < 1.29 is 4.52 Å². The van der Waals surface area contributed by atoms with E-state index < -0.39 is 0 Å². The summed E-state index contributed by atoms with van der Waals surface area (Å²) in [5.74, 6) is 1.35. The summed E-state index contributed by atoms with van der Waals surface area (Å²) in [5.41, 5.74) is 0. The van der Waals surface area contributed by atoms with Gasteiger partial charge in [0.25, 0.3) is 0 Å². The lowest BCUT2D eigenvalue weighted by molar-refractivity contribution is 0.301. The molecule has 1 aromatic rings. The summed E-state index contributed by atoms with van der Waals surface area (Å²) in [6, 6.07) is 0. The summed E-state index contributed by atoms with van der Waals surface area (Å²) in [4.78, 5) is 6.48. The van der Waals surface area contributed by atoms with Gasteiger partial charge in [0, 0.05) is 20.0 Å². The first-order valence-electron chi connectivity index (χ1n) is 5.48. The molecule has 0 saturated heterocycles. The van der Waals surface area contributed by atoms with Gasteiger partial charge in [0.2, 0.25) is 5.89 Å². The first-order chi connectivity index (χ1) is 7.26. The summed E-state index contributed by atoms with van der Waals surface area (Å²) >= 11 is 0. The molecule has 0 radical (unpaired) electrons. The Morgan fingerprint density at radius 1 is 1.33 bits per heavy atom. The van der Waals surface area contributed by atoms with Crippen LogP contribution >= 0.6 is 0 Å². The molecule has 0 fully saturated rings. The SMILES string of the molecule is CCN(CC)CCNCc1noc(C)n1. The minimum Gasteiger partial charge on any atom is -0.340 e. The van der Waals surface area contributed by atoms with Crippen LogP contribution in [0.25, 0.3) is 0 Å². The van der Waals surface area contributed by atoms with E-state index in [9.17, 15) is 0 Å². The van der Waals surface area contributed by atoms with E-state index in [0.29, 0.717) is 12.4 Å². The standard InChI is InChI=1S/C10H20N4O/c1-4-14(5-2)7-6-11-8-10-12-9(3)15-13-10/h11H,4-8H2,1-3H3. The normalized spacial score (nSPS) is 11.2. The van der Waals surface area contributed by atoms with Gasteiger partial charge in [-0.05, 0) is 13.1 Å². The molecule has 1 rings (SSSR count). The molecule has 0 aliphatic heterocycles. The van der Waals surface area contributed by atoms with Crippen molar-refractivity contribution in [3.8, 4) is 0 Å². The fourth-order valence-electron chi connectivity index (χ4n) is 1.39. The predicted octanol–water partition coefficient (Wildman–Crippen LogP) is 0.809. The Hall–Kier alpha value is -0.940.